The fraction of sp³-hybridized carbons (Fsp3) is 0.200. The van der Waals surface area contributed by atoms with Crippen LogP contribution in [0.3, 0.4) is 0 Å². The van der Waals surface area contributed by atoms with Crippen LogP contribution in [-0.4, -0.2) is 0 Å². The van der Waals surface area contributed by atoms with Crippen molar-refractivity contribution in [3.05, 3.63) is 42.7 Å². The Morgan fingerprint density at radius 1 is 1.36 bits per heavy atom. The fourth-order valence-electron chi connectivity index (χ4n) is 0.682. The van der Waals surface area contributed by atoms with Gasteiger partial charge in [0.1, 0.15) is 5.75 Å². The molecule has 0 fully saturated rings. The van der Waals surface area contributed by atoms with Gasteiger partial charge in [0, 0.05) is 0 Å². The van der Waals surface area contributed by atoms with E-state index in [9.17, 15) is 0 Å². The average Bonchev–Trinajstić information content (AvgIpc) is 2.07. The first kappa shape index (κ1) is 7.86. The molecule has 0 bridgehead atoms. The van der Waals surface area contributed by atoms with Crippen LogP contribution in [0.2, 0.25) is 0 Å². The van der Waals surface area contributed by atoms with Crippen molar-refractivity contribution in [2.75, 3.05) is 0 Å². The Kier molecular flexibility index (Phi) is 3.26. The Bertz CT molecular complexity index is 214. The Morgan fingerprint density at radius 3 is 2.73 bits per heavy atom. The van der Waals surface area contributed by atoms with Crippen molar-refractivity contribution in [3.63, 3.8) is 0 Å². The third kappa shape index (κ3) is 2.89. The van der Waals surface area contributed by atoms with Crippen LogP contribution in [0, 0.1) is 6.26 Å². The molecule has 0 aliphatic heterocycles. The van der Waals surface area contributed by atoms with Crippen LogP contribution in [-0.2, 0) is 0 Å². The Balaban J connectivity index is 2.45. The standard InChI is InChI=1S/C10H11O/c1-2-3-9-11-10-7-5-4-6-8-10/h3-8H,2H2,1H3. The van der Waals surface area contributed by atoms with Gasteiger partial charge >= 0.3 is 0 Å². The van der Waals surface area contributed by atoms with Crippen molar-refractivity contribution >= 4 is 0 Å². The lowest BCUT2D eigenvalue weighted by molar-refractivity contribution is 0.451. The molecule has 0 saturated carbocycles. The zero-order valence-corrected chi connectivity index (χ0v) is 6.58. The van der Waals surface area contributed by atoms with Crippen LogP contribution < -0.4 is 4.74 Å². The molecule has 0 atom stereocenters. The molecule has 0 aromatic heterocycles. The third-order valence-electron chi connectivity index (χ3n) is 1.21. The van der Waals surface area contributed by atoms with Crippen LogP contribution >= 0.6 is 0 Å². The van der Waals surface area contributed by atoms with E-state index < -0.39 is 0 Å². The van der Waals surface area contributed by atoms with Gasteiger partial charge in [-0.05, 0) is 24.6 Å². The molecule has 1 rings (SSSR count). The maximum atomic E-state index is 5.14. The van der Waals surface area contributed by atoms with Crippen LogP contribution in [0.25, 0.3) is 0 Å². The number of hydrogen-bond acceptors (Lipinski definition) is 1. The second-order valence-electron chi connectivity index (χ2n) is 2.15. The number of para-hydroxylation sites is 1. The highest BCUT2D eigenvalue weighted by atomic mass is 16.5. The highest BCUT2D eigenvalue weighted by Crippen LogP contribution is 2.07. The van der Waals surface area contributed by atoms with Crippen LogP contribution in [0.5, 0.6) is 5.75 Å². The molecule has 1 heteroatoms. The topological polar surface area (TPSA) is 9.23 Å². The third-order valence-corrected chi connectivity index (χ3v) is 1.21. The first-order valence-corrected chi connectivity index (χ1v) is 3.72. The molecule has 0 heterocycles. The lowest BCUT2D eigenvalue weighted by Crippen LogP contribution is -1.80. The lowest BCUT2D eigenvalue weighted by atomic mass is 10.3. The molecule has 57 valence electrons. The molecular weight excluding hydrogens is 136 g/mol. The van der Waals surface area contributed by atoms with Crippen molar-refractivity contribution in [1.29, 1.82) is 0 Å². The maximum Gasteiger partial charge on any atom is 0.165 e. The van der Waals surface area contributed by atoms with Crippen molar-refractivity contribution in [3.8, 4) is 5.75 Å². The lowest BCUT2D eigenvalue weighted by Gasteiger charge is -1.95. The highest BCUT2D eigenvalue weighted by molar-refractivity contribution is 5.21. The molecule has 1 aromatic rings. The van der Waals surface area contributed by atoms with E-state index in [1.165, 1.54) is 0 Å². The molecule has 1 nitrogen and oxygen atoms in total. The van der Waals surface area contributed by atoms with E-state index in [-0.39, 0.29) is 0 Å². The summed E-state index contributed by atoms with van der Waals surface area (Å²) in [5.41, 5.74) is 0. The van der Waals surface area contributed by atoms with Crippen LogP contribution in [0.1, 0.15) is 13.3 Å². The summed E-state index contributed by atoms with van der Waals surface area (Å²) in [6, 6.07) is 9.62. The van der Waals surface area contributed by atoms with E-state index in [2.05, 4.69) is 6.26 Å². The Labute approximate surface area is 67.3 Å². The molecule has 0 unspecified atom stereocenters. The molecule has 11 heavy (non-hydrogen) atoms. The van der Waals surface area contributed by atoms with E-state index in [4.69, 9.17) is 4.74 Å². The number of hydrogen-bond donors (Lipinski definition) is 0. The summed E-state index contributed by atoms with van der Waals surface area (Å²) in [7, 11) is 0. The smallest absolute Gasteiger partial charge is 0.165 e. The van der Waals surface area contributed by atoms with Gasteiger partial charge in [0.25, 0.3) is 0 Å². The molecule has 0 saturated heterocycles. The molecule has 0 N–H and O–H groups in total. The minimum atomic E-state index is 0.831. The van der Waals surface area contributed by atoms with Crippen molar-refractivity contribution in [2.24, 2.45) is 0 Å². The van der Waals surface area contributed by atoms with Gasteiger partial charge in [-0.25, -0.2) is 0 Å². The number of benzene rings is 1. The quantitative estimate of drug-likeness (QED) is 0.597. The molecular formula is C10H11O. The van der Waals surface area contributed by atoms with Gasteiger partial charge in [0.05, 0.1) is 0 Å². The molecule has 0 spiro atoms. The van der Waals surface area contributed by atoms with Crippen molar-refractivity contribution < 1.29 is 4.74 Å². The normalized spacial score (nSPS) is 10.3. The number of allylic oxidation sites excluding steroid dienone is 1. The van der Waals surface area contributed by atoms with E-state index in [1.54, 1.807) is 0 Å². The highest BCUT2D eigenvalue weighted by Gasteiger charge is 1.84. The predicted octanol–water partition coefficient (Wildman–Crippen LogP) is 2.79. The Hall–Kier alpha value is -1.24. The maximum absolute atomic E-state index is 5.14. The van der Waals surface area contributed by atoms with E-state index in [1.807, 2.05) is 43.3 Å². The zero-order chi connectivity index (χ0) is 7.94. The van der Waals surface area contributed by atoms with Crippen molar-refractivity contribution in [1.82, 2.24) is 0 Å². The molecule has 0 amide bonds. The molecule has 1 aromatic carbocycles. The monoisotopic (exact) mass is 147 g/mol. The molecule has 1 radical (unpaired) electrons. The van der Waals surface area contributed by atoms with Crippen LogP contribution in [0.15, 0.2) is 36.4 Å². The summed E-state index contributed by atoms with van der Waals surface area (Å²) in [6.45, 7) is 2.04. The number of ether oxygens (including phenoxy) is 1. The van der Waals surface area contributed by atoms with Crippen LogP contribution in [0.4, 0.5) is 0 Å². The predicted molar refractivity (Wildman–Crippen MR) is 45.2 cm³/mol. The molecule has 0 aliphatic rings. The van der Waals surface area contributed by atoms with Gasteiger partial charge in [-0.3, -0.25) is 0 Å². The summed E-state index contributed by atoms with van der Waals surface area (Å²) in [5.74, 6) is 0.831. The molecule has 0 aliphatic carbocycles. The summed E-state index contributed by atoms with van der Waals surface area (Å²) in [5, 5.41) is 0. The van der Waals surface area contributed by atoms with Crippen molar-refractivity contribution in [2.45, 2.75) is 13.3 Å². The second kappa shape index (κ2) is 4.56. The summed E-state index contributed by atoms with van der Waals surface area (Å²) in [4.78, 5) is 0. The zero-order valence-electron chi connectivity index (χ0n) is 6.58. The first-order chi connectivity index (χ1) is 5.43. The SMILES string of the molecule is CC/C=[C]\Oc1ccccc1. The average molecular weight is 147 g/mol. The van der Waals surface area contributed by atoms with E-state index in [0.29, 0.717) is 0 Å². The second-order valence-corrected chi connectivity index (χ2v) is 2.15. The fourth-order valence-corrected chi connectivity index (χ4v) is 0.682. The minimum absolute atomic E-state index is 0.831. The van der Waals surface area contributed by atoms with E-state index in [0.717, 1.165) is 12.2 Å². The van der Waals surface area contributed by atoms with Gasteiger partial charge < -0.3 is 4.74 Å². The summed E-state index contributed by atoms with van der Waals surface area (Å²) < 4.78 is 5.14. The van der Waals surface area contributed by atoms with Gasteiger partial charge in [-0.2, -0.15) is 0 Å². The van der Waals surface area contributed by atoms with Gasteiger partial charge in [-0.15, -0.1) is 0 Å². The first-order valence-electron chi connectivity index (χ1n) is 3.72. The van der Waals surface area contributed by atoms with Gasteiger partial charge in [0.15, 0.2) is 6.26 Å². The summed E-state index contributed by atoms with van der Waals surface area (Å²) >= 11 is 0. The minimum Gasteiger partial charge on any atom is -0.454 e. The largest absolute Gasteiger partial charge is 0.454 e. The van der Waals surface area contributed by atoms with Gasteiger partial charge in [0.2, 0.25) is 0 Å². The van der Waals surface area contributed by atoms with E-state index >= 15 is 0 Å². The summed E-state index contributed by atoms with van der Waals surface area (Å²) in [6.07, 6.45) is 5.53. The number of rotatable bonds is 3. The van der Waals surface area contributed by atoms with Gasteiger partial charge in [-0.1, -0.05) is 25.1 Å². The Morgan fingerprint density at radius 2 is 2.09 bits per heavy atom.